The molecular weight excluding hydrogens is 252 g/mol. The minimum absolute atomic E-state index is 0.332. The lowest BCUT2D eigenvalue weighted by molar-refractivity contribution is 0.291. The number of hydrogen-bond donors (Lipinski definition) is 1. The molecule has 0 spiro atoms. The summed E-state index contributed by atoms with van der Waals surface area (Å²) in [4.78, 5) is 0. The van der Waals surface area contributed by atoms with Crippen molar-refractivity contribution in [1.29, 1.82) is 0 Å². The van der Waals surface area contributed by atoms with E-state index in [9.17, 15) is 0 Å². The van der Waals surface area contributed by atoms with Crippen molar-refractivity contribution in [3.05, 3.63) is 40.4 Å². The summed E-state index contributed by atoms with van der Waals surface area (Å²) < 4.78 is 7.50. The number of nitrogens with zero attached hydrogens (tertiary/aromatic N) is 3. The van der Waals surface area contributed by atoms with Gasteiger partial charge < -0.3 is 15.0 Å². The van der Waals surface area contributed by atoms with E-state index in [2.05, 4.69) is 10.2 Å². The van der Waals surface area contributed by atoms with Crippen molar-refractivity contribution in [3.8, 4) is 5.75 Å². The fraction of sp³-hybridized carbons (Fsp3) is 0.333. The third kappa shape index (κ3) is 2.63. The van der Waals surface area contributed by atoms with Crippen molar-refractivity contribution in [1.82, 2.24) is 14.8 Å². The van der Waals surface area contributed by atoms with E-state index in [1.165, 1.54) is 0 Å². The number of nitrogens with two attached hydrogens (primary N) is 1. The Labute approximate surface area is 111 Å². The van der Waals surface area contributed by atoms with Gasteiger partial charge in [0.05, 0.1) is 5.02 Å². The van der Waals surface area contributed by atoms with Crippen LogP contribution in [0.5, 0.6) is 5.75 Å². The highest BCUT2D eigenvalue weighted by molar-refractivity contribution is 6.32. The highest BCUT2D eigenvalue weighted by atomic mass is 35.5. The summed E-state index contributed by atoms with van der Waals surface area (Å²) in [6, 6.07) is 5.51. The fourth-order valence-electron chi connectivity index (χ4n) is 1.51. The van der Waals surface area contributed by atoms with Gasteiger partial charge in [-0.15, -0.1) is 10.2 Å². The highest BCUT2D eigenvalue weighted by Gasteiger charge is 2.07. The predicted molar refractivity (Wildman–Crippen MR) is 69.4 cm³/mol. The quantitative estimate of drug-likeness (QED) is 0.917. The molecule has 1 aromatic heterocycles. The van der Waals surface area contributed by atoms with E-state index in [1.807, 2.05) is 30.7 Å². The fourth-order valence-corrected chi connectivity index (χ4v) is 1.77. The summed E-state index contributed by atoms with van der Waals surface area (Å²) in [5.74, 6) is 2.22. The lowest BCUT2D eigenvalue weighted by Gasteiger charge is -2.08. The van der Waals surface area contributed by atoms with Gasteiger partial charge in [0.15, 0.2) is 5.82 Å². The van der Waals surface area contributed by atoms with Crippen LogP contribution >= 0.6 is 11.6 Å². The van der Waals surface area contributed by atoms with Crippen molar-refractivity contribution in [2.24, 2.45) is 12.8 Å². The monoisotopic (exact) mass is 266 g/mol. The zero-order chi connectivity index (χ0) is 13.1. The van der Waals surface area contributed by atoms with Gasteiger partial charge in [-0.2, -0.15) is 0 Å². The Hall–Kier alpha value is -1.59. The van der Waals surface area contributed by atoms with Crippen molar-refractivity contribution in [2.75, 3.05) is 0 Å². The number of aryl methyl sites for hydroxylation is 1. The van der Waals surface area contributed by atoms with E-state index in [0.29, 0.717) is 23.9 Å². The molecule has 1 heterocycles. The largest absolute Gasteiger partial charge is 0.484 e. The molecule has 0 radical (unpaired) electrons. The highest BCUT2D eigenvalue weighted by Crippen LogP contribution is 2.25. The van der Waals surface area contributed by atoms with Crippen molar-refractivity contribution < 1.29 is 4.74 Å². The maximum absolute atomic E-state index is 6.10. The number of ether oxygens (including phenoxy) is 1. The maximum atomic E-state index is 6.10. The van der Waals surface area contributed by atoms with Gasteiger partial charge in [-0.25, -0.2) is 0 Å². The Balaban J connectivity index is 2.08. The zero-order valence-corrected chi connectivity index (χ0v) is 11.1. The van der Waals surface area contributed by atoms with Gasteiger partial charge in [-0.1, -0.05) is 17.7 Å². The molecule has 96 valence electrons. The molecule has 0 unspecified atom stereocenters. The van der Waals surface area contributed by atoms with E-state index in [4.69, 9.17) is 22.1 Å². The van der Waals surface area contributed by atoms with Crippen LogP contribution in [0.1, 0.15) is 17.2 Å². The minimum Gasteiger partial charge on any atom is -0.484 e. The van der Waals surface area contributed by atoms with Crippen LogP contribution in [0.3, 0.4) is 0 Å². The van der Waals surface area contributed by atoms with Crippen LogP contribution in [0.25, 0.3) is 0 Å². The van der Waals surface area contributed by atoms with Gasteiger partial charge in [-0.05, 0) is 24.6 Å². The second kappa shape index (κ2) is 5.37. The number of rotatable bonds is 4. The Morgan fingerprint density at radius 3 is 2.72 bits per heavy atom. The van der Waals surface area contributed by atoms with E-state index in [-0.39, 0.29) is 0 Å². The smallest absolute Gasteiger partial charge is 0.170 e. The van der Waals surface area contributed by atoms with Crippen LogP contribution in [0.15, 0.2) is 18.2 Å². The molecule has 0 aliphatic heterocycles. The first-order valence-electron chi connectivity index (χ1n) is 5.58. The van der Waals surface area contributed by atoms with Crippen LogP contribution in [-0.2, 0) is 20.2 Å². The molecule has 0 aliphatic rings. The third-order valence-corrected chi connectivity index (χ3v) is 3.07. The SMILES string of the molecule is Cc1nnc(COc2ccc(CN)cc2Cl)n1C. The third-order valence-electron chi connectivity index (χ3n) is 2.77. The summed E-state index contributed by atoms with van der Waals surface area (Å²) in [6.07, 6.45) is 0. The molecule has 0 bridgehead atoms. The van der Waals surface area contributed by atoms with E-state index in [0.717, 1.165) is 17.2 Å². The first-order valence-corrected chi connectivity index (χ1v) is 5.95. The lowest BCUT2D eigenvalue weighted by atomic mass is 10.2. The Kier molecular flexibility index (Phi) is 3.84. The molecule has 6 heteroatoms. The summed E-state index contributed by atoms with van der Waals surface area (Å²) in [5.41, 5.74) is 6.51. The molecule has 2 N–H and O–H groups in total. The molecule has 0 aliphatic carbocycles. The second-order valence-electron chi connectivity index (χ2n) is 3.98. The van der Waals surface area contributed by atoms with Crippen LogP contribution in [0.2, 0.25) is 5.02 Å². The van der Waals surface area contributed by atoms with Gasteiger partial charge in [-0.3, -0.25) is 0 Å². The molecule has 5 nitrogen and oxygen atoms in total. The first-order chi connectivity index (χ1) is 8.61. The number of benzene rings is 1. The Morgan fingerprint density at radius 2 is 2.17 bits per heavy atom. The molecule has 0 atom stereocenters. The number of hydrogen-bond acceptors (Lipinski definition) is 4. The molecular formula is C12H15ClN4O. The molecule has 0 fully saturated rings. The maximum Gasteiger partial charge on any atom is 0.170 e. The average Bonchev–Trinajstić information content (AvgIpc) is 2.68. The average molecular weight is 267 g/mol. The van der Waals surface area contributed by atoms with Crippen molar-refractivity contribution >= 4 is 11.6 Å². The molecule has 18 heavy (non-hydrogen) atoms. The van der Waals surface area contributed by atoms with Gasteiger partial charge in [0.2, 0.25) is 0 Å². The lowest BCUT2D eigenvalue weighted by Crippen LogP contribution is -2.05. The normalized spacial score (nSPS) is 10.7. The van der Waals surface area contributed by atoms with Crippen LogP contribution in [0, 0.1) is 6.92 Å². The van der Waals surface area contributed by atoms with Crippen molar-refractivity contribution in [2.45, 2.75) is 20.1 Å². The molecule has 2 aromatic rings. The van der Waals surface area contributed by atoms with Crippen LogP contribution in [-0.4, -0.2) is 14.8 Å². The van der Waals surface area contributed by atoms with Gasteiger partial charge >= 0.3 is 0 Å². The molecule has 0 saturated heterocycles. The topological polar surface area (TPSA) is 66.0 Å². The second-order valence-corrected chi connectivity index (χ2v) is 4.39. The van der Waals surface area contributed by atoms with E-state index in [1.54, 1.807) is 6.07 Å². The van der Waals surface area contributed by atoms with Gasteiger partial charge in [0.1, 0.15) is 18.2 Å². The van der Waals surface area contributed by atoms with Gasteiger partial charge in [0.25, 0.3) is 0 Å². The van der Waals surface area contributed by atoms with Crippen molar-refractivity contribution in [3.63, 3.8) is 0 Å². The number of aromatic nitrogens is 3. The first kappa shape index (κ1) is 12.9. The standard InChI is InChI=1S/C12H15ClN4O/c1-8-15-16-12(17(8)2)7-18-11-4-3-9(6-14)5-10(11)13/h3-5H,6-7,14H2,1-2H3. The minimum atomic E-state index is 0.332. The molecule has 0 saturated carbocycles. The molecule has 1 aromatic carbocycles. The summed E-state index contributed by atoms with van der Waals surface area (Å²) in [6.45, 7) is 2.68. The number of halogens is 1. The summed E-state index contributed by atoms with van der Waals surface area (Å²) >= 11 is 6.10. The Bertz CT molecular complexity index is 553. The van der Waals surface area contributed by atoms with Crippen LogP contribution < -0.4 is 10.5 Å². The van der Waals surface area contributed by atoms with E-state index < -0.39 is 0 Å². The van der Waals surface area contributed by atoms with Gasteiger partial charge in [0, 0.05) is 13.6 Å². The Morgan fingerprint density at radius 1 is 1.39 bits per heavy atom. The summed E-state index contributed by atoms with van der Waals surface area (Å²) in [7, 11) is 1.90. The van der Waals surface area contributed by atoms with E-state index >= 15 is 0 Å². The zero-order valence-electron chi connectivity index (χ0n) is 10.4. The van der Waals surface area contributed by atoms with Crippen LogP contribution in [0.4, 0.5) is 0 Å². The predicted octanol–water partition coefficient (Wildman–Crippen LogP) is 1.81. The molecule has 2 rings (SSSR count). The summed E-state index contributed by atoms with van der Waals surface area (Å²) in [5, 5.41) is 8.53. The molecule has 0 amide bonds.